The van der Waals surface area contributed by atoms with Gasteiger partial charge in [0.15, 0.2) is 5.25 Å². The van der Waals surface area contributed by atoms with Gasteiger partial charge in [-0.25, -0.2) is 8.42 Å². The molecule has 76 valence electrons. The smallest absolute Gasteiger partial charge is 0.248 e. The molecule has 0 bridgehead atoms. The second kappa shape index (κ2) is 4.29. The minimum Gasteiger partial charge on any atom is -0.279 e. The summed E-state index contributed by atoms with van der Waals surface area (Å²) >= 11 is 5.16. The molecular formula is C8H6Cl2O3S. The predicted octanol–water partition coefficient (Wildman–Crippen LogP) is 2.06. The predicted molar refractivity (Wildman–Crippen MR) is 54.8 cm³/mol. The third kappa shape index (κ3) is 2.70. The van der Waals surface area contributed by atoms with Crippen molar-refractivity contribution in [3.63, 3.8) is 0 Å². The van der Waals surface area contributed by atoms with Crippen LogP contribution in [0.3, 0.4) is 0 Å². The summed E-state index contributed by atoms with van der Waals surface area (Å²) in [4.78, 5) is 10.9. The molecule has 0 spiro atoms. The van der Waals surface area contributed by atoms with Crippen molar-refractivity contribution in [2.24, 2.45) is 0 Å². The third-order valence-corrected chi connectivity index (χ3v) is 3.52. The van der Waals surface area contributed by atoms with Crippen LogP contribution in [-0.4, -0.2) is 13.7 Å². The van der Waals surface area contributed by atoms with Crippen molar-refractivity contribution < 1.29 is 13.2 Å². The van der Waals surface area contributed by atoms with E-state index in [1.165, 1.54) is 12.1 Å². The molecule has 0 aliphatic carbocycles. The van der Waals surface area contributed by atoms with Crippen LogP contribution in [-0.2, 0) is 13.8 Å². The Hall–Kier alpha value is -0.580. The van der Waals surface area contributed by atoms with Crippen LogP contribution in [0.4, 0.5) is 0 Å². The number of halogens is 2. The molecule has 0 heterocycles. The van der Waals surface area contributed by atoms with E-state index in [1.54, 1.807) is 18.2 Å². The van der Waals surface area contributed by atoms with E-state index in [4.69, 9.17) is 22.3 Å². The van der Waals surface area contributed by atoms with Crippen molar-refractivity contribution in [3.05, 3.63) is 35.9 Å². The van der Waals surface area contributed by atoms with Crippen LogP contribution < -0.4 is 0 Å². The van der Waals surface area contributed by atoms with Crippen molar-refractivity contribution >= 4 is 36.6 Å². The lowest BCUT2D eigenvalue weighted by molar-refractivity contribution is -0.111. The van der Waals surface area contributed by atoms with Crippen molar-refractivity contribution in [2.45, 2.75) is 5.25 Å². The maximum absolute atomic E-state index is 11.0. The van der Waals surface area contributed by atoms with Crippen LogP contribution in [0.2, 0.25) is 0 Å². The quantitative estimate of drug-likeness (QED) is 0.774. The van der Waals surface area contributed by atoms with Crippen molar-refractivity contribution in [2.75, 3.05) is 0 Å². The fourth-order valence-electron chi connectivity index (χ4n) is 1.03. The van der Waals surface area contributed by atoms with E-state index in [9.17, 15) is 13.2 Å². The monoisotopic (exact) mass is 252 g/mol. The minimum absolute atomic E-state index is 0.266. The second-order valence-electron chi connectivity index (χ2n) is 2.57. The number of benzene rings is 1. The highest BCUT2D eigenvalue weighted by atomic mass is 35.7. The Labute approximate surface area is 91.1 Å². The number of hydrogen-bond donors (Lipinski definition) is 0. The summed E-state index contributed by atoms with van der Waals surface area (Å²) in [5.41, 5.74) is 0.266. The molecule has 1 atom stereocenters. The normalized spacial score (nSPS) is 13.6. The molecule has 0 aromatic heterocycles. The van der Waals surface area contributed by atoms with Crippen LogP contribution in [0.1, 0.15) is 10.8 Å². The van der Waals surface area contributed by atoms with E-state index in [0.717, 1.165) is 0 Å². The average Bonchev–Trinajstić information content (AvgIpc) is 2.02. The Balaban J connectivity index is 3.22. The van der Waals surface area contributed by atoms with E-state index >= 15 is 0 Å². The lowest BCUT2D eigenvalue weighted by Crippen LogP contribution is -2.13. The fourth-order valence-corrected chi connectivity index (χ4v) is 2.90. The zero-order valence-electron chi connectivity index (χ0n) is 6.85. The maximum atomic E-state index is 11.0. The van der Waals surface area contributed by atoms with Gasteiger partial charge >= 0.3 is 0 Å². The van der Waals surface area contributed by atoms with Gasteiger partial charge in [0, 0.05) is 10.7 Å². The van der Waals surface area contributed by atoms with Gasteiger partial charge in [-0.15, -0.1) is 0 Å². The molecule has 1 rings (SSSR count). The van der Waals surface area contributed by atoms with Gasteiger partial charge in [0.1, 0.15) is 0 Å². The zero-order chi connectivity index (χ0) is 10.8. The molecule has 0 aliphatic rings. The number of carbonyl (C=O) groups is 1. The SMILES string of the molecule is O=C(Cl)C(c1ccccc1)S(=O)(=O)Cl. The first kappa shape index (κ1) is 11.5. The second-order valence-corrected chi connectivity index (χ2v) is 5.66. The molecule has 6 heteroatoms. The molecule has 1 aromatic carbocycles. The Morgan fingerprint density at radius 2 is 1.71 bits per heavy atom. The maximum Gasteiger partial charge on any atom is 0.248 e. The topological polar surface area (TPSA) is 51.2 Å². The summed E-state index contributed by atoms with van der Waals surface area (Å²) in [7, 11) is 1.07. The standard InChI is InChI=1S/C8H6Cl2O3S/c9-8(11)7(14(10,12)13)6-4-2-1-3-5-6/h1-5,7H. The Morgan fingerprint density at radius 1 is 1.21 bits per heavy atom. The van der Waals surface area contributed by atoms with Crippen LogP contribution in [0.25, 0.3) is 0 Å². The molecule has 1 unspecified atom stereocenters. The third-order valence-electron chi connectivity index (χ3n) is 1.59. The van der Waals surface area contributed by atoms with Gasteiger partial charge in [0.05, 0.1) is 0 Å². The van der Waals surface area contributed by atoms with E-state index in [0.29, 0.717) is 0 Å². The first-order valence-electron chi connectivity index (χ1n) is 3.60. The number of hydrogen-bond acceptors (Lipinski definition) is 3. The number of rotatable bonds is 3. The van der Waals surface area contributed by atoms with E-state index in [-0.39, 0.29) is 5.56 Å². The van der Waals surface area contributed by atoms with Crippen molar-refractivity contribution in [1.82, 2.24) is 0 Å². The molecular weight excluding hydrogens is 247 g/mol. The first-order valence-corrected chi connectivity index (χ1v) is 6.35. The molecule has 0 fully saturated rings. The van der Waals surface area contributed by atoms with Gasteiger partial charge < -0.3 is 0 Å². The summed E-state index contributed by atoms with van der Waals surface area (Å²) in [6.07, 6.45) is 0. The van der Waals surface area contributed by atoms with Gasteiger partial charge in [-0.05, 0) is 17.2 Å². The molecule has 0 aliphatic heterocycles. The highest BCUT2D eigenvalue weighted by Crippen LogP contribution is 2.27. The van der Waals surface area contributed by atoms with Crippen molar-refractivity contribution in [3.8, 4) is 0 Å². The summed E-state index contributed by atoms with van der Waals surface area (Å²) in [5.74, 6) is 0. The molecule has 3 nitrogen and oxygen atoms in total. The van der Waals surface area contributed by atoms with Crippen LogP contribution >= 0.6 is 22.3 Å². The number of carbonyl (C=O) groups excluding carboxylic acids is 1. The summed E-state index contributed by atoms with van der Waals surface area (Å²) in [6.45, 7) is 0. The van der Waals surface area contributed by atoms with E-state index in [1.807, 2.05) is 0 Å². The average molecular weight is 253 g/mol. The van der Waals surface area contributed by atoms with Gasteiger partial charge in [0.2, 0.25) is 14.3 Å². The Kier molecular flexibility index (Phi) is 3.53. The molecule has 1 aromatic rings. The van der Waals surface area contributed by atoms with Crippen LogP contribution in [0, 0.1) is 0 Å². The summed E-state index contributed by atoms with van der Waals surface area (Å²) < 4.78 is 22.1. The highest BCUT2D eigenvalue weighted by molar-refractivity contribution is 8.14. The van der Waals surface area contributed by atoms with E-state index in [2.05, 4.69) is 0 Å². The minimum atomic E-state index is -4.03. The lowest BCUT2D eigenvalue weighted by atomic mass is 10.2. The van der Waals surface area contributed by atoms with Crippen molar-refractivity contribution in [1.29, 1.82) is 0 Å². The molecule has 0 saturated heterocycles. The zero-order valence-corrected chi connectivity index (χ0v) is 9.18. The Morgan fingerprint density at radius 3 is 2.07 bits per heavy atom. The van der Waals surface area contributed by atoms with Gasteiger partial charge in [-0.2, -0.15) is 0 Å². The largest absolute Gasteiger partial charge is 0.279 e. The van der Waals surface area contributed by atoms with Gasteiger partial charge in [-0.1, -0.05) is 30.3 Å². The molecule has 0 amide bonds. The molecule has 14 heavy (non-hydrogen) atoms. The van der Waals surface area contributed by atoms with Crippen LogP contribution in [0.15, 0.2) is 30.3 Å². The summed E-state index contributed by atoms with van der Waals surface area (Å²) in [6, 6.07) is 7.85. The summed E-state index contributed by atoms with van der Waals surface area (Å²) in [5, 5.41) is -2.50. The fraction of sp³-hybridized carbons (Fsp3) is 0.125. The Bertz CT molecular complexity index is 427. The lowest BCUT2D eigenvalue weighted by Gasteiger charge is -2.08. The molecule has 0 radical (unpaired) electrons. The van der Waals surface area contributed by atoms with E-state index < -0.39 is 19.5 Å². The molecule has 0 N–H and O–H groups in total. The highest BCUT2D eigenvalue weighted by Gasteiger charge is 2.31. The van der Waals surface area contributed by atoms with Gasteiger partial charge in [-0.3, -0.25) is 4.79 Å². The first-order chi connectivity index (χ1) is 6.43. The van der Waals surface area contributed by atoms with Gasteiger partial charge in [0.25, 0.3) is 0 Å². The van der Waals surface area contributed by atoms with Crippen LogP contribution in [0.5, 0.6) is 0 Å². The molecule has 0 saturated carbocycles.